The maximum atomic E-state index is 12.4. The fraction of sp³-hybridized carbons (Fsp3) is 0.263. The molecule has 2 aromatic rings. The Kier molecular flexibility index (Phi) is 4.42. The van der Waals surface area contributed by atoms with Crippen molar-refractivity contribution in [3.8, 4) is 0 Å². The summed E-state index contributed by atoms with van der Waals surface area (Å²) in [4.78, 5) is 27.6. The van der Waals surface area contributed by atoms with E-state index in [1.165, 1.54) is 0 Å². The fourth-order valence-electron chi connectivity index (χ4n) is 2.80. The van der Waals surface area contributed by atoms with Crippen molar-refractivity contribution in [3.05, 3.63) is 60.2 Å². The molecule has 4 heteroatoms. The van der Waals surface area contributed by atoms with E-state index < -0.39 is 0 Å². The van der Waals surface area contributed by atoms with Gasteiger partial charge >= 0.3 is 0 Å². The number of carbonyl (C=O) groups excluding carboxylic acids is 2. The van der Waals surface area contributed by atoms with Crippen LogP contribution in [0.25, 0.3) is 0 Å². The molecule has 23 heavy (non-hydrogen) atoms. The molecule has 4 nitrogen and oxygen atoms in total. The third-order valence-corrected chi connectivity index (χ3v) is 4.19. The number of para-hydroxylation sites is 1. The van der Waals surface area contributed by atoms with Crippen molar-refractivity contribution >= 4 is 23.2 Å². The predicted octanol–water partition coefficient (Wildman–Crippen LogP) is 3.02. The molecular weight excluding hydrogens is 288 g/mol. The van der Waals surface area contributed by atoms with Gasteiger partial charge in [0.25, 0.3) is 0 Å². The third-order valence-electron chi connectivity index (χ3n) is 4.19. The lowest BCUT2D eigenvalue weighted by Crippen LogP contribution is -2.27. The van der Waals surface area contributed by atoms with Crippen LogP contribution in [0.5, 0.6) is 0 Å². The molecule has 1 aliphatic rings. The Bertz CT molecular complexity index is 695. The van der Waals surface area contributed by atoms with Crippen LogP contribution in [0.1, 0.15) is 18.4 Å². The highest BCUT2D eigenvalue weighted by molar-refractivity contribution is 5.96. The van der Waals surface area contributed by atoms with Crippen molar-refractivity contribution in [3.63, 3.8) is 0 Å². The van der Waals surface area contributed by atoms with E-state index in [4.69, 9.17) is 0 Å². The summed E-state index contributed by atoms with van der Waals surface area (Å²) in [6.45, 7) is 0.786. The van der Waals surface area contributed by atoms with Crippen LogP contribution >= 0.6 is 0 Å². The van der Waals surface area contributed by atoms with Crippen molar-refractivity contribution in [2.75, 3.05) is 23.4 Å². The summed E-state index contributed by atoms with van der Waals surface area (Å²) >= 11 is 0. The normalized spacial score (nSPS) is 14.1. The van der Waals surface area contributed by atoms with Crippen LogP contribution in [0.2, 0.25) is 0 Å². The number of hydrogen-bond donors (Lipinski definition) is 0. The van der Waals surface area contributed by atoms with Crippen molar-refractivity contribution in [1.82, 2.24) is 0 Å². The van der Waals surface area contributed by atoms with Gasteiger partial charge < -0.3 is 9.80 Å². The van der Waals surface area contributed by atoms with E-state index in [2.05, 4.69) is 0 Å². The topological polar surface area (TPSA) is 40.6 Å². The van der Waals surface area contributed by atoms with E-state index in [0.717, 1.165) is 29.9 Å². The van der Waals surface area contributed by atoms with Gasteiger partial charge in [0.05, 0.1) is 6.42 Å². The summed E-state index contributed by atoms with van der Waals surface area (Å²) in [6, 6.07) is 17.3. The zero-order chi connectivity index (χ0) is 16.2. The zero-order valence-corrected chi connectivity index (χ0v) is 13.2. The number of carbonyl (C=O) groups is 2. The number of amides is 2. The SMILES string of the molecule is CN(C(=O)Cc1ccc(N2CCCC2=O)cc1)c1ccccc1. The average molecular weight is 308 g/mol. The molecule has 0 saturated carbocycles. The van der Waals surface area contributed by atoms with E-state index in [1.54, 1.807) is 11.9 Å². The summed E-state index contributed by atoms with van der Waals surface area (Å²) in [5.41, 5.74) is 2.75. The Morgan fingerprint density at radius 3 is 2.39 bits per heavy atom. The maximum absolute atomic E-state index is 12.4. The molecule has 0 bridgehead atoms. The Morgan fingerprint density at radius 1 is 1.09 bits per heavy atom. The summed E-state index contributed by atoms with van der Waals surface area (Å²) in [5.74, 6) is 0.221. The van der Waals surface area contributed by atoms with Crippen molar-refractivity contribution in [1.29, 1.82) is 0 Å². The van der Waals surface area contributed by atoms with Gasteiger partial charge in [-0.1, -0.05) is 30.3 Å². The molecule has 0 unspecified atom stereocenters. The van der Waals surface area contributed by atoms with Gasteiger partial charge in [-0.25, -0.2) is 0 Å². The average Bonchev–Trinajstić information content (AvgIpc) is 3.01. The van der Waals surface area contributed by atoms with Gasteiger partial charge in [-0.3, -0.25) is 9.59 Å². The minimum absolute atomic E-state index is 0.0428. The first-order valence-corrected chi connectivity index (χ1v) is 7.86. The smallest absolute Gasteiger partial charge is 0.231 e. The number of benzene rings is 2. The standard InChI is InChI=1S/C19H20N2O2/c1-20(16-6-3-2-4-7-16)19(23)14-15-9-11-17(12-10-15)21-13-5-8-18(21)22/h2-4,6-7,9-12H,5,8,13-14H2,1H3. The molecule has 1 saturated heterocycles. The molecule has 2 amide bonds. The van der Waals surface area contributed by atoms with Crippen molar-refractivity contribution in [2.45, 2.75) is 19.3 Å². The van der Waals surface area contributed by atoms with Gasteiger partial charge in [-0.15, -0.1) is 0 Å². The quantitative estimate of drug-likeness (QED) is 0.871. The molecule has 118 valence electrons. The molecule has 0 radical (unpaired) electrons. The Labute approximate surface area is 136 Å². The van der Waals surface area contributed by atoms with Crippen LogP contribution < -0.4 is 9.80 Å². The molecule has 1 heterocycles. The molecule has 0 aliphatic carbocycles. The first-order valence-electron chi connectivity index (χ1n) is 7.86. The van der Waals surface area contributed by atoms with Gasteiger partial charge in [0, 0.05) is 31.4 Å². The summed E-state index contributed by atoms with van der Waals surface area (Å²) < 4.78 is 0. The summed E-state index contributed by atoms with van der Waals surface area (Å²) in [7, 11) is 1.79. The summed E-state index contributed by atoms with van der Waals surface area (Å²) in [5, 5.41) is 0. The molecule has 0 aromatic heterocycles. The molecule has 0 spiro atoms. The molecule has 0 atom stereocenters. The van der Waals surface area contributed by atoms with Crippen LogP contribution in [0.3, 0.4) is 0 Å². The van der Waals surface area contributed by atoms with Crippen LogP contribution in [0.15, 0.2) is 54.6 Å². The second-order valence-corrected chi connectivity index (χ2v) is 5.78. The number of anilines is 2. The highest BCUT2D eigenvalue weighted by Gasteiger charge is 2.21. The summed E-state index contributed by atoms with van der Waals surface area (Å²) in [6.07, 6.45) is 1.89. The van der Waals surface area contributed by atoms with E-state index in [9.17, 15) is 9.59 Å². The van der Waals surface area contributed by atoms with Gasteiger partial charge in [0.2, 0.25) is 11.8 Å². The number of rotatable bonds is 4. The van der Waals surface area contributed by atoms with E-state index in [1.807, 2.05) is 59.5 Å². The minimum Gasteiger partial charge on any atom is -0.315 e. The largest absolute Gasteiger partial charge is 0.315 e. The van der Waals surface area contributed by atoms with E-state index >= 15 is 0 Å². The lowest BCUT2D eigenvalue weighted by molar-refractivity contribution is -0.118. The number of likely N-dealkylation sites (N-methyl/N-ethyl adjacent to an activating group) is 1. The third kappa shape index (κ3) is 3.42. The zero-order valence-electron chi connectivity index (χ0n) is 13.2. The van der Waals surface area contributed by atoms with Crippen molar-refractivity contribution in [2.24, 2.45) is 0 Å². The molecule has 1 fully saturated rings. The first kappa shape index (κ1) is 15.3. The second-order valence-electron chi connectivity index (χ2n) is 5.78. The number of hydrogen-bond acceptors (Lipinski definition) is 2. The van der Waals surface area contributed by atoms with Crippen LogP contribution in [-0.2, 0) is 16.0 Å². The van der Waals surface area contributed by atoms with Crippen LogP contribution in [-0.4, -0.2) is 25.4 Å². The second kappa shape index (κ2) is 6.65. The maximum Gasteiger partial charge on any atom is 0.231 e. The van der Waals surface area contributed by atoms with Gasteiger partial charge in [-0.05, 0) is 36.2 Å². The Hall–Kier alpha value is -2.62. The highest BCUT2D eigenvalue weighted by atomic mass is 16.2. The van der Waals surface area contributed by atoms with Crippen molar-refractivity contribution < 1.29 is 9.59 Å². The molecular formula is C19H20N2O2. The van der Waals surface area contributed by atoms with E-state index in [0.29, 0.717) is 12.8 Å². The molecule has 0 N–H and O–H groups in total. The minimum atomic E-state index is 0.0428. The molecule has 2 aromatic carbocycles. The molecule has 3 rings (SSSR count). The fourth-order valence-corrected chi connectivity index (χ4v) is 2.80. The lowest BCUT2D eigenvalue weighted by Gasteiger charge is -2.18. The Balaban J connectivity index is 1.66. The lowest BCUT2D eigenvalue weighted by atomic mass is 10.1. The van der Waals surface area contributed by atoms with Crippen LogP contribution in [0.4, 0.5) is 11.4 Å². The molecule has 1 aliphatic heterocycles. The Morgan fingerprint density at radius 2 is 1.78 bits per heavy atom. The van der Waals surface area contributed by atoms with Gasteiger partial charge in [0.1, 0.15) is 0 Å². The highest BCUT2D eigenvalue weighted by Crippen LogP contribution is 2.22. The van der Waals surface area contributed by atoms with E-state index in [-0.39, 0.29) is 11.8 Å². The number of nitrogens with zero attached hydrogens (tertiary/aromatic N) is 2. The van der Waals surface area contributed by atoms with Crippen LogP contribution in [0, 0.1) is 0 Å². The van der Waals surface area contributed by atoms with Gasteiger partial charge in [0.15, 0.2) is 0 Å². The first-order chi connectivity index (χ1) is 11.1. The van der Waals surface area contributed by atoms with Gasteiger partial charge in [-0.2, -0.15) is 0 Å². The monoisotopic (exact) mass is 308 g/mol. The predicted molar refractivity (Wildman–Crippen MR) is 91.6 cm³/mol.